The first kappa shape index (κ1) is 18.0. The molecule has 0 bridgehead atoms. The van der Waals surface area contributed by atoms with E-state index in [4.69, 9.17) is 4.42 Å². The van der Waals surface area contributed by atoms with Crippen LogP contribution in [-0.2, 0) is 4.79 Å². The van der Waals surface area contributed by atoms with Gasteiger partial charge >= 0.3 is 0 Å². The van der Waals surface area contributed by atoms with Crippen molar-refractivity contribution in [2.24, 2.45) is 0 Å². The molecule has 2 heterocycles. The molecule has 1 aromatic carbocycles. The number of imide groups is 1. The average Bonchev–Trinajstić information content (AvgIpc) is 3.16. The minimum atomic E-state index is -0.229. The van der Waals surface area contributed by atoms with Crippen LogP contribution < -0.4 is 0 Å². The number of thioether (sulfide) groups is 1. The molecule has 3 rings (SSSR count). The van der Waals surface area contributed by atoms with Gasteiger partial charge in [-0.05, 0) is 42.4 Å². The summed E-state index contributed by atoms with van der Waals surface area (Å²) in [5.41, 5.74) is 0.954. The van der Waals surface area contributed by atoms with Crippen molar-refractivity contribution in [2.45, 2.75) is 26.2 Å². The van der Waals surface area contributed by atoms with E-state index in [2.05, 4.69) is 22.9 Å². The van der Waals surface area contributed by atoms with Gasteiger partial charge in [-0.3, -0.25) is 14.5 Å². The number of unbranched alkanes of at least 4 members (excludes halogenated alkanes) is 2. The van der Waals surface area contributed by atoms with Crippen molar-refractivity contribution in [2.75, 3.05) is 6.54 Å². The van der Waals surface area contributed by atoms with Gasteiger partial charge in [0.05, 0.1) is 4.91 Å². The monoisotopic (exact) mass is 419 g/mol. The van der Waals surface area contributed by atoms with Crippen LogP contribution in [0.2, 0.25) is 0 Å². The van der Waals surface area contributed by atoms with Crippen LogP contribution in [0.5, 0.6) is 0 Å². The van der Waals surface area contributed by atoms with E-state index in [0.29, 0.717) is 17.2 Å². The summed E-state index contributed by atoms with van der Waals surface area (Å²) in [6.45, 7) is 2.58. The molecule has 2 amide bonds. The molecule has 0 saturated carbocycles. The predicted molar refractivity (Wildman–Crippen MR) is 104 cm³/mol. The molecule has 0 N–H and O–H groups in total. The van der Waals surface area contributed by atoms with Crippen LogP contribution in [0.1, 0.15) is 31.9 Å². The molecule has 130 valence electrons. The van der Waals surface area contributed by atoms with Crippen LogP contribution in [0, 0.1) is 0 Å². The van der Waals surface area contributed by atoms with Crippen LogP contribution in [0.3, 0.4) is 0 Å². The molecule has 1 saturated heterocycles. The number of hydrogen-bond donors (Lipinski definition) is 0. The van der Waals surface area contributed by atoms with Gasteiger partial charge < -0.3 is 4.42 Å². The molecular formula is C19H18BrNO3S. The van der Waals surface area contributed by atoms with Gasteiger partial charge in [0.2, 0.25) is 0 Å². The van der Waals surface area contributed by atoms with Gasteiger partial charge in [0.1, 0.15) is 11.5 Å². The van der Waals surface area contributed by atoms with Crippen molar-refractivity contribution in [1.82, 2.24) is 4.90 Å². The van der Waals surface area contributed by atoms with Gasteiger partial charge in [-0.1, -0.05) is 47.8 Å². The summed E-state index contributed by atoms with van der Waals surface area (Å²) in [5.74, 6) is 1.06. The molecule has 0 radical (unpaired) electrons. The lowest BCUT2D eigenvalue weighted by molar-refractivity contribution is -0.122. The van der Waals surface area contributed by atoms with Gasteiger partial charge in [0, 0.05) is 22.7 Å². The summed E-state index contributed by atoms with van der Waals surface area (Å²) < 4.78 is 6.80. The maximum absolute atomic E-state index is 12.4. The molecule has 1 aromatic heterocycles. The average molecular weight is 420 g/mol. The summed E-state index contributed by atoms with van der Waals surface area (Å²) in [6, 6.07) is 11.5. The minimum absolute atomic E-state index is 0.202. The Bertz CT molecular complexity index is 810. The number of carbonyl (C=O) groups is 2. The first-order chi connectivity index (χ1) is 12.1. The summed E-state index contributed by atoms with van der Waals surface area (Å²) in [4.78, 5) is 26.2. The molecular weight excluding hydrogens is 402 g/mol. The van der Waals surface area contributed by atoms with Crippen LogP contribution in [0.25, 0.3) is 17.4 Å². The molecule has 1 fully saturated rings. The lowest BCUT2D eigenvalue weighted by Gasteiger charge is -2.11. The zero-order chi connectivity index (χ0) is 17.8. The van der Waals surface area contributed by atoms with Crippen molar-refractivity contribution >= 4 is 44.9 Å². The molecule has 0 atom stereocenters. The third-order valence-electron chi connectivity index (χ3n) is 3.89. The Morgan fingerprint density at radius 1 is 1.12 bits per heavy atom. The summed E-state index contributed by atoms with van der Waals surface area (Å²) >= 11 is 4.38. The Balaban J connectivity index is 1.74. The fourth-order valence-corrected chi connectivity index (χ4v) is 3.65. The standard InChI is InChI=1S/C19H18BrNO3S/c1-2-3-4-11-21-18(22)17(25-19(21)23)12-15-9-10-16(24-15)13-5-7-14(20)8-6-13/h5-10,12H,2-4,11H2,1H3/b17-12-. The van der Waals surface area contributed by atoms with Gasteiger partial charge in [-0.15, -0.1) is 0 Å². The molecule has 1 aliphatic rings. The van der Waals surface area contributed by atoms with Crippen molar-refractivity contribution in [3.05, 3.63) is 51.5 Å². The van der Waals surface area contributed by atoms with Crippen LogP contribution in [-0.4, -0.2) is 22.6 Å². The number of hydrogen-bond acceptors (Lipinski definition) is 4. The molecule has 1 aliphatic heterocycles. The SMILES string of the molecule is CCCCCN1C(=O)S/C(=C\c2ccc(-c3ccc(Br)cc3)o2)C1=O. The lowest BCUT2D eigenvalue weighted by atomic mass is 10.2. The maximum atomic E-state index is 12.4. The lowest BCUT2D eigenvalue weighted by Crippen LogP contribution is -2.29. The molecule has 2 aromatic rings. The summed E-state index contributed by atoms with van der Waals surface area (Å²) in [5, 5.41) is -0.202. The fraction of sp³-hybridized carbons (Fsp3) is 0.263. The number of benzene rings is 1. The van der Waals surface area contributed by atoms with Crippen molar-refractivity contribution in [1.29, 1.82) is 0 Å². The number of carbonyl (C=O) groups excluding carboxylic acids is 2. The maximum Gasteiger partial charge on any atom is 0.293 e. The van der Waals surface area contributed by atoms with Crippen LogP contribution >= 0.6 is 27.7 Å². The van der Waals surface area contributed by atoms with Crippen molar-refractivity contribution in [3.63, 3.8) is 0 Å². The highest BCUT2D eigenvalue weighted by Gasteiger charge is 2.34. The molecule has 4 nitrogen and oxygen atoms in total. The highest BCUT2D eigenvalue weighted by atomic mass is 79.9. The van der Waals surface area contributed by atoms with Gasteiger partial charge in [-0.2, -0.15) is 0 Å². The number of amides is 2. The van der Waals surface area contributed by atoms with E-state index < -0.39 is 0 Å². The Hall–Kier alpha value is -1.79. The van der Waals surface area contributed by atoms with E-state index in [1.54, 1.807) is 6.08 Å². The van der Waals surface area contributed by atoms with Crippen molar-refractivity contribution < 1.29 is 14.0 Å². The first-order valence-corrected chi connectivity index (χ1v) is 9.80. The van der Waals surface area contributed by atoms with Gasteiger partial charge in [-0.25, -0.2) is 0 Å². The molecule has 0 unspecified atom stereocenters. The molecule has 0 aliphatic carbocycles. The third kappa shape index (κ3) is 4.25. The molecule has 0 spiro atoms. The Kier molecular flexibility index (Phi) is 5.81. The van der Waals surface area contributed by atoms with Crippen LogP contribution in [0.4, 0.5) is 4.79 Å². The predicted octanol–water partition coefficient (Wildman–Crippen LogP) is 5.94. The van der Waals surface area contributed by atoms with E-state index >= 15 is 0 Å². The zero-order valence-corrected chi connectivity index (χ0v) is 16.2. The molecule has 6 heteroatoms. The van der Waals surface area contributed by atoms with E-state index in [9.17, 15) is 9.59 Å². The zero-order valence-electron chi connectivity index (χ0n) is 13.8. The van der Waals surface area contributed by atoms with E-state index in [-0.39, 0.29) is 11.1 Å². The van der Waals surface area contributed by atoms with Gasteiger partial charge in [0.25, 0.3) is 11.1 Å². The Morgan fingerprint density at radius 3 is 2.60 bits per heavy atom. The highest BCUT2D eigenvalue weighted by Crippen LogP contribution is 2.33. The number of nitrogens with zero attached hydrogens (tertiary/aromatic N) is 1. The van der Waals surface area contributed by atoms with Crippen molar-refractivity contribution in [3.8, 4) is 11.3 Å². The number of rotatable bonds is 6. The van der Waals surface area contributed by atoms with Crippen LogP contribution in [0.15, 0.2) is 50.2 Å². The topological polar surface area (TPSA) is 50.5 Å². The quantitative estimate of drug-likeness (QED) is 0.429. The largest absolute Gasteiger partial charge is 0.457 e. The minimum Gasteiger partial charge on any atom is -0.457 e. The summed E-state index contributed by atoms with van der Waals surface area (Å²) in [6.07, 6.45) is 4.55. The number of halogens is 1. The fourth-order valence-electron chi connectivity index (χ4n) is 2.54. The Labute approximate surface area is 159 Å². The third-order valence-corrected chi connectivity index (χ3v) is 5.32. The van der Waals surface area contributed by atoms with E-state index in [1.165, 1.54) is 4.90 Å². The second kappa shape index (κ2) is 8.06. The second-order valence-electron chi connectivity index (χ2n) is 5.75. The highest BCUT2D eigenvalue weighted by molar-refractivity contribution is 9.10. The summed E-state index contributed by atoms with van der Waals surface area (Å²) in [7, 11) is 0. The smallest absolute Gasteiger partial charge is 0.293 e. The second-order valence-corrected chi connectivity index (χ2v) is 7.66. The van der Waals surface area contributed by atoms with E-state index in [1.807, 2.05) is 36.4 Å². The Morgan fingerprint density at radius 2 is 1.88 bits per heavy atom. The normalized spacial score (nSPS) is 16.2. The van der Waals surface area contributed by atoms with E-state index in [0.717, 1.165) is 46.8 Å². The van der Waals surface area contributed by atoms with Gasteiger partial charge in [0.15, 0.2) is 0 Å². The molecule has 25 heavy (non-hydrogen) atoms. The first-order valence-electron chi connectivity index (χ1n) is 8.19. The number of furan rings is 1.